The molecule has 0 aliphatic heterocycles. The first kappa shape index (κ1) is 23.5. The van der Waals surface area contributed by atoms with Crippen molar-refractivity contribution in [2.45, 2.75) is 39.5 Å². The number of hydrogen-bond donors (Lipinski definition) is 1. The van der Waals surface area contributed by atoms with Gasteiger partial charge < -0.3 is 5.32 Å². The molecule has 0 unspecified atom stereocenters. The summed E-state index contributed by atoms with van der Waals surface area (Å²) in [4.78, 5) is 12.5. The molecule has 0 aromatic heterocycles. The van der Waals surface area contributed by atoms with Gasteiger partial charge in [0.15, 0.2) is 0 Å². The van der Waals surface area contributed by atoms with Crippen LogP contribution in [0.1, 0.15) is 43.7 Å². The van der Waals surface area contributed by atoms with Crippen LogP contribution in [0.5, 0.6) is 0 Å². The number of nitrogens with one attached hydrogen (secondary N) is 1. The van der Waals surface area contributed by atoms with Crippen molar-refractivity contribution >= 4 is 50.5 Å². The first-order chi connectivity index (χ1) is 13.5. The van der Waals surface area contributed by atoms with E-state index in [4.69, 9.17) is 23.2 Å². The Morgan fingerprint density at radius 1 is 1.17 bits per heavy atom. The Balaban J connectivity index is 2.09. The molecule has 0 saturated heterocycles. The second-order valence-corrected chi connectivity index (χ2v) is 10.0. The van der Waals surface area contributed by atoms with E-state index in [1.807, 2.05) is 25.1 Å². The number of carbonyl (C=O) groups excluding carboxylic acids is 1. The molecule has 0 heterocycles. The molecule has 0 aliphatic rings. The van der Waals surface area contributed by atoms with Gasteiger partial charge in [0.2, 0.25) is 15.9 Å². The van der Waals surface area contributed by atoms with Crippen LogP contribution >= 0.6 is 23.2 Å². The van der Waals surface area contributed by atoms with E-state index in [0.29, 0.717) is 17.1 Å². The standard InChI is InChI=1S/C21H26Cl2N2O3S/c1-14(2)17-8-5-7-15(3)21(17)24-20(26)9-6-12-25(29(4,27)28)19-13-16(22)10-11-18(19)23/h5,7-8,10-11,13-14H,6,9,12H2,1-4H3,(H,24,26). The van der Waals surface area contributed by atoms with Gasteiger partial charge in [0.1, 0.15) is 0 Å². The Kier molecular flexibility index (Phi) is 7.97. The van der Waals surface area contributed by atoms with Gasteiger partial charge in [0.25, 0.3) is 0 Å². The van der Waals surface area contributed by atoms with E-state index in [0.717, 1.165) is 23.1 Å². The number of para-hydroxylation sites is 1. The maximum Gasteiger partial charge on any atom is 0.232 e. The molecule has 0 saturated carbocycles. The number of sulfonamides is 1. The largest absolute Gasteiger partial charge is 0.326 e. The highest BCUT2D eigenvalue weighted by atomic mass is 35.5. The number of halogens is 2. The normalized spacial score (nSPS) is 11.6. The van der Waals surface area contributed by atoms with Crippen LogP contribution in [0.2, 0.25) is 10.0 Å². The quantitative estimate of drug-likeness (QED) is 0.560. The fourth-order valence-electron chi connectivity index (χ4n) is 3.07. The van der Waals surface area contributed by atoms with Crippen molar-refractivity contribution in [3.8, 4) is 0 Å². The van der Waals surface area contributed by atoms with Gasteiger partial charge in [-0.25, -0.2) is 8.42 Å². The van der Waals surface area contributed by atoms with E-state index in [1.54, 1.807) is 12.1 Å². The van der Waals surface area contributed by atoms with Crippen LogP contribution in [0, 0.1) is 6.92 Å². The van der Waals surface area contributed by atoms with Gasteiger partial charge in [-0.2, -0.15) is 0 Å². The molecule has 8 heteroatoms. The van der Waals surface area contributed by atoms with Crippen LogP contribution in [0.3, 0.4) is 0 Å². The highest BCUT2D eigenvalue weighted by Gasteiger charge is 2.21. The summed E-state index contributed by atoms with van der Waals surface area (Å²) in [5.74, 6) is 0.114. The molecule has 0 fully saturated rings. The Morgan fingerprint density at radius 3 is 2.48 bits per heavy atom. The van der Waals surface area contributed by atoms with Crippen LogP contribution in [0.4, 0.5) is 11.4 Å². The fraction of sp³-hybridized carbons (Fsp3) is 0.381. The third-order valence-corrected chi connectivity index (χ3v) is 6.27. The highest BCUT2D eigenvalue weighted by molar-refractivity contribution is 7.92. The van der Waals surface area contributed by atoms with Gasteiger partial charge in [0, 0.05) is 23.7 Å². The predicted octanol–water partition coefficient (Wildman–Crippen LogP) is 5.61. The summed E-state index contributed by atoms with van der Waals surface area (Å²) < 4.78 is 25.7. The van der Waals surface area contributed by atoms with Gasteiger partial charge in [-0.05, 0) is 48.6 Å². The van der Waals surface area contributed by atoms with Crippen molar-refractivity contribution in [3.05, 3.63) is 57.6 Å². The maximum absolute atomic E-state index is 12.5. The molecule has 0 atom stereocenters. The molecule has 2 aromatic rings. The number of amides is 1. The Morgan fingerprint density at radius 2 is 1.86 bits per heavy atom. The number of hydrogen-bond acceptors (Lipinski definition) is 3. The highest BCUT2D eigenvalue weighted by Crippen LogP contribution is 2.31. The molecule has 0 radical (unpaired) electrons. The second-order valence-electron chi connectivity index (χ2n) is 7.28. The van der Waals surface area contributed by atoms with E-state index in [9.17, 15) is 13.2 Å². The minimum absolute atomic E-state index is 0.122. The van der Waals surface area contributed by atoms with Crippen molar-refractivity contribution < 1.29 is 13.2 Å². The first-order valence-corrected chi connectivity index (χ1v) is 11.9. The smallest absolute Gasteiger partial charge is 0.232 e. The maximum atomic E-state index is 12.5. The minimum atomic E-state index is -3.58. The molecule has 0 spiro atoms. The summed E-state index contributed by atoms with van der Waals surface area (Å²) in [6.45, 7) is 6.22. The monoisotopic (exact) mass is 456 g/mol. The fourth-order valence-corrected chi connectivity index (χ4v) is 4.47. The van der Waals surface area contributed by atoms with Crippen molar-refractivity contribution in [1.82, 2.24) is 0 Å². The molecule has 2 aromatic carbocycles. The molecule has 29 heavy (non-hydrogen) atoms. The molecule has 0 aliphatic carbocycles. The second kappa shape index (κ2) is 9.83. The third kappa shape index (κ3) is 6.36. The zero-order valence-electron chi connectivity index (χ0n) is 17.0. The van der Waals surface area contributed by atoms with E-state index in [2.05, 4.69) is 19.2 Å². The number of carbonyl (C=O) groups is 1. The summed E-state index contributed by atoms with van der Waals surface area (Å²) in [5.41, 5.74) is 3.20. The van der Waals surface area contributed by atoms with Crippen LogP contribution in [-0.4, -0.2) is 27.1 Å². The molecule has 5 nitrogen and oxygen atoms in total. The van der Waals surface area contributed by atoms with Gasteiger partial charge in [0.05, 0.1) is 17.0 Å². The molecule has 158 valence electrons. The van der Waals surface area contributed by atoms with Crippen molar-refractivity contribution in [1.29, 1.82) is 0 Å². The number of rotatable bonds is 8. The average Bonchev–Trinajstić information content (AvgIpc) is 2.61. The lowest BCUT2D eigenvalue weighted by Gasteiger charge is -2.23. The Labute approximate surface area is 183 Å². The van der Waals surface area contributed by atoms with E-state index >= 15 is 0 Å². The molecular formula is C21H26Cl2N2O3S. The molecule has 0 bridgehead atoms. The van der Waals surface area contributed by atoms with Gasteiger partial charge in [-0.15, -0.1) is 0 Å². The van der Waals surface area contributed by atoms with E-state index in [1.165, 1.54) is 10.4 Å². The van der Waals surface area contributed by atoms with Crippen molar-refractivity contribution in [2.24, 2.45) is 0 Å². The molecule has 1 amide bonds. The zero-order chi connectivity index (χ0) is 21.8. The summed E-state index contributed by atoms with van der Waals surface area (Å²) >= 11 is 12.2. The third-order valence-electron chi connectivity index (χ3n) is 4.53. The van der Waals surface area contributed by atoms with Crippen LogP contribution in [0.25, 0.3) is 0 Å². The first-order valence-electron chi connectivity index (χ1n) is 9.33. The SMILES string of the molecule is Cc1cccc(C(C)C)c1NC(=O)CCCN(c1cc(Cl)ccc1Cl)S(C)(=O)=O. The number of anilines is 2. The predicted molar refractivity (Wildman–Crippen MR) is 122 cm³/mol. The lowest BCUT2D eigenvalue weighted by atomic mass is 9.98. The molecule has 1 N–H and O–H groups in total. The summed E-state index contributed by atoms with van der Waals surface area (Å²) in [6.07, 6.45) is 1.62. The van der Waals surface area contributed by atoms with Crippen molar-refractivity contribution in [2.75, 3.05) is 22.4 Å². The number of nitrogens with zero attached hydrogens (tertiary/aromatic N) is 1. The Bertz CT molecular complexity index is 991. The Hall–Kier alpha value is -1.76. The lowest BCUT2D eigenvalue weighted by molar-refractivity contribution is -0.116. The number of benzene rings is 2. The number of aryl methyl sites for hydroxylation is 1. The summed E-state index contributed by atoms with van der Waals surface area (Å²) in [7, 11) is -3.58. The zero-order valence-corrected chi connectivity index (χ0v) is 19.3. The molecular weight excluding hydrogens is 431 g/mol. The van der Waals surface area contributed by atoms with Gasteiger partial charge in [-0.1, -0.05) is 55.2 Å². The van der Waals surface area contributed by atoms with E-state index < -0.39 is 10.0 Å². The van der Waals surface area contributed by atoms with Gasteiger partial charge >= 0.3 is 0 Å². The topological polar surface area (TPSA) is 66.5 Å². The van der Waals surface area contributed by atoms with Gasteiger partial charge in [-0.3, -0.25) is 9.10 Å². The average molecular weight is 457 g/mol. The lowest BCUT2D eigenvalue weighted by Crippen LogP contribution is -2.31. The van der Waals surface area contributed by atoms with Crippen molar-refractivity contribution in [3.63, 3.8) is 0 Å². The molecule has 2 rings (SSSR count). The summed E-state index contributed by atoms with van der Waals surface area (Å²) in [6, 6.07) is 10.6. The summed E-state index contributed by atoms with van der Waals surface area (Å²) in [5, 5.41) is 3.65. The minimum Gasteiger partial charge on any atom is -0.326 e. The van der Waals surface area contributed by atoms with Crippen LogP contribution in [-0.2, 0) is 14.8 Å². The van der Waals surface area contributed by atoms with E-state index in [-0.39, 0.29) is 29.8 Å². The van der Waals surface area contributed by atoms with Crippen LogP contribution < -0.4 is 9.62 Å². The van der Waals surface area contributed by atoms with Crippen LogP contribution in [0.15, 0.2) is 36.4 Å².